The summed E-state index contributed by atoms with van der Waals surface area (Å²) in [5, 5.41) is 12.4. The summed E-state index contributed by atoms with van der Waals surface area (Å²) in [6.45, 7) is 12.8. The van der Waals surface area contributed by atoms with E-state index in [0.29, 0.717) is 41.4 Å². The second kappa shape index (κ2) is 11.3. The largest absolute Gasteiger partial charge is 0.352 e. The summed E-state index contributed by atoms with van der Waals surface area (Å²) in [6.07, 6.45) is 7.64. The molecule has 2 N–H and O–H groups in total. The maximum absolute atomic E-state index is 16.9. The number of hydrogen-bond donors (Lipinski definition) is 2. The highest BCUT2D eigenvalue weighted by atomic mass is 35.5. The van der Waals surface area contributed by atoms with Crippen LogP contribution in [0, 0.1) is 12.7 Å². The average molecular weight is 617 g/mol. The van der Waals surface area contributed by atoms with Crippen LogP contribution in [0.1, 0.15) is 45.1 Å². The maximum Gasteiger partial charge on any atom is 0.246 e. The first kappa shape index (κ1) is 29.0. The zero-order chi connectivity index (χ0) is 30.7. The Labute approximate surface area is 261 Å². The molecule has 2 aliphatic heterocycles. The first-order valence-corrected chi connectivity index (χ1v) is 15.9. The van der Waals surface area contributed by atoms with Gasteiger partial charge in [0.25, 0.3) is 0 Å². The van der Waals surface area contributed by atoms with Gasteiger partial charge in [-0.1, -0.05) is 24.2 Å². The number of piperidine rings is 1. The highest BCUT2D eigenvalue weighted by molar-refractivity contribution is 6.35. The molecule has 4 aromatic rings. The quantitative estimate of drug-likeness (QED) is 0.260. The molecule has 11 heteroatoms. The van der Waals surface area contributed by atoms with Crippen molar-refractivity contribution in [2.45, 2.75) is 70.6 Å². The fourth-order valence-corrected chi connectivity index (χ4v) is 7.53. The Kier molecular flexibility index (Phi) is 7.45. The van der Waals surface area contributed by atoms with Crippen molar-refractivity contribution in [3.63, 3.8) is 0 Å². The molecule has 2 saturated heterocycles. The highest BCUT2D eigenvalue weighted by Gasteiger charge is 2.35. The number of halogens is 2. The van der Waals surface area contributed by atoms with E-state index in [-0.39, 0.29) is 34.6 Å². The first-order valence-electron chi connectivity index (χ1n) is 15.6. The van der Waals surface area contributed by atoms with Crippen LogP contribution in [-0.4, -0.2) is 86.2 Å². The minimum absolute atomic E-state index is 0.0976. The molecular formula is C33H38ClFN8O. The molecule has 44 heavy (non-hydrogen) atoms. The number of nitrogens with one attached hydrogen (secondary N) is 2. The number of piperazine rings is 1. The maximum atomic E-state index is 16.9. The number of rotatable bonds is 6. The SMILES string of the molecule is C=CC(=O)N1[C@H](C)CN(c2nc(NC3CCN(C4CC4)CC3)nc3c(F)c(-c4c(C)ccc5[nH]ncc45)c(Cl)cc23)C[C@@H]1C. The van der Waals surface area contributed by atoms with Crippen LogP contribution in [0.15, 0.2) is 37.1 Å². The molecule has 1 saturated carbocycles. The number of nitrogens with zero attached hydrogens (tertiary/aromatic N) is 6. The van der Waals surface area contributed by atoms with E-state index in [9.17, 15) is 4.79 Å². The number of carbonyl (C=O) groups excluding carboxylic acids is 1. The number of aromatic amines is 1. The Balaban J connectivity index is 1.33. The number of fused-ring (bicyclic) bond motifs is 2. The van der Waals surface area contributed by atoms with Crippen molar-refractivity contribution in [2.75, 3.05) is 36.4 Å². The van der Waals surface area contributed by atoms with Crippen molar-refractivity contribution in [1.29, 1.82) is 0 Å². The molecule has 9 nitrogen and oxygen atoms in total. The van der Waals surface area contributed by atoms with Crippen molar-refractivity contribution in [2.24, 2.45) is 0 Å². The zero-order valence-electron chi connectivity index (χ0n) is 25.4. The molecule has 7 rings (SSSR count). The first-order chi connectivity index (χ1) is 21.2. The predicted molar refractivity (Wildman–Crippen MR) is 174 cm³/mol. The van der Waals surface area contributed by atoms with Gasteiger partial charge >= 0.3 is 0 Å². The van der Waals surface area contributed by atoms with Gasteiger partial charge in [-0.3, -0.25) is 9.89 Å². The fraction of sp³-hybridized carbons (Fsp3) is 0.455. The van der Waals surface area contributed by atoms with Gasteiger partial charge in [-0.25, -0.2) is 9.37 Å². The molecule has 0 bridgehead atoms. The van der Waals surface area contributed by atoms with Crippen LogP contribution >= 0.6 is 11.6 Å². The Bertz CT molecular complexity index is 1750. The summed E-state index contributed by atoms with van der Waals surface area (Å²) in [6, 6.07) is 6.41. The Morgan fingerprint density at radius 2 is 1.82 bits per heavy atom. The van der Waals surface area contributed by atoms with Crippen molar-refractivity contribution in [3.05, 3.63) is 53.5 Å². The van der Waals surface area contributed by atoms with E-state index in [1.165, 1.54) is 18.9 Å². The van der Waals surface area contributed by atoms with E-state index in [4.69, 9.17) is 21.6 Å². The van der Waals surface area contributed by atoms with Crippen LogP contribution in [-0.2, 0) is 4.79 Å². The standard InChI is InChI=1S/C33H38ClFN8O/c1-5-27(44)43-19(3)16-42(17-20(43)4)32-23-14-25(34)29(28-18(2)6-9-26-24(28)15-36-40-26)30(35)31(23)38-33(39-32)37-21-10-12-41(13-11-21)22-7-8-22/h5-6,9,14-15,19-22H,1,7-8,10-13,16-17H2,2-4H3,(H,36,40)(H,37,38,39)/t19-,20+. The van der Waals surface area contributed by atoms with Gasteiger partial charge in [0.15, 0.2) is 5.82 Å². The number of hydrogen-bond acceptors (Lipinski definition) is 7. The molecule has 3 fully saturated rings. The van der Waals surface area contributed by atoms with Gasteiger partial charge in [0.2, 0.25) is 11.9 Å². The topological polar surface area (TPSA) is 93.3 Å². The summed E-state index contributed by atoms with van der Waals surface area (Å²) in [7, 11) is 0. The van der Waals surface area contributed by atoms with Gasteiger partial charge in [0.05, 0.1) is 16.7 Å². The smallest absolute Gasteiger partial charge is 0.246 e. The van der Waals surface area contributed by atoms with E-state index < -0.39 is 5.82 Å². The number of benzene rings is 2. The van der Waals surface area contributed by atoms with Crippen LogP contribution in [0.25, 0.3) is 32.9 Å². The molecule has 2 aromatic heterocycles. The van der Waals surface area contributed by atoms with Crippen molar-refractivity contribution >= 4 is 51.1 Å². The second-order valence-electron chi connectivity index (χ2n) is 12.6. The van der Waals surface area contributed by atoms with Crippen molar-refractivity contribution in [1.82, 2.24) is 30.0 Å². The lowest BCUT2D eigenvalue weighted by Gasteiger charge is -2.44. The molecule has 2 atom stereocenters. The third kappa shape index (κ3) is 5.07. The lowest BCUT2D eigenvalue weighted by molar-refractivity contribution is -0.130. The van der Waals surface area contributed by atoms with E-state index >= 15 is 4.39 Å². The summed E-state index contributed by atoms with van der Waals surface area (Å²) in [5.41, 5.74) is 2.91. The van der Waals surface area contributed by atoms with E-state index in [1.54, 1.807) is 12.3 Å². The third-order valence-corrected chi connectivity index (χ3v) is 9.82. The van der Waals surface area contributed by atoms with Crippen LogP contribution < -0.4 is 10.2 Å². The molecule has 2 aromatic carbocycles. The van der Waals surface area contributed by atoms with Crippen molar-refractivity contribution in [3.8, 4) is 11.1 Å². The van der Waals surface area contributed by atoms with Gasteiger partial charge < -0.3 is 20.0 Å². The molecular weight excluding hydrogens is 579 g/mol. The molecule has 1 amide bonds. The van der Waals surface area contributed by atoms with Gasteiger partial charge in [-0.15, -0.1) is 0 Å². The normalized spacial score (nSPS) is 21.8. The Hall–Kier alpha value is -3.76. The predicted octanol–water partition coefficient (Wildman–Crippen LogP) is 5.92. The summed E-state index contributed by atoms with van der Waals surface area (Å²) in [5.74, 6) is 0.441. The lowest BCUT2D eigenvalue weighted by Crippen LogP contribution is -2.58. The number of anilines is 2. The monoisotopic (exact) mass is 616 g/mol. The Morgan fingerprint density at radius 1 is 1.09 bits per heavy atom. The zero-order valence-corrected chi connectivity index (χ0v) is 26.2. The average Bonchev–Trinajstić information content (AvgIpc) is 3.74. The van der Waals surface area contributed by atoms with Crippen LogP contribution in [0.5, 0.6) is 0 Å². The van der Waals surface area contributed by atoms with Gasteiger partial charge in [-0.05, 0) is 70.2 Å². The summed E-state index contributed by atoms with van der Waals surface area (Å²) < 4.78 is 16.9. The summed E-state index contributed by atoms with van der Waals surface area (Å²) >= 11 is 6.94. The molecule has 230 valence electrons. The third-order valence-electron chi connectivity index (χ3n) is 9.52. The van der Waals surface area contributed by atoms with Gasteiger partial charge in [0.1, 0.15) is 11.3 Å². The molecule has 3 aliphatic rings. The fourth-order valence-electron chi connectivity index (χ4n) is 7.24. The Morgan fingerprint density at radius 3 is 2.50 bits per heavy atom. The molecule has 1 aliphatic carbocycles. The van der Waals surface area contributed by atoms with Gasteiger partial charge in [-0.2, -0.15) is 10.1 Å². The number of aromatic nitrogens is 4. The number of aryl methyl sites for hydroxylation is 1. The molecule has 0 unspecified atom stereocenters. The lowest BCUT2D eigenvalue weighted by atomic mass is 9.95. The van der Waals surface area contributed by atoms with Crippen molar-refractivity contribution < 1.29 is 9.18 Å². The van der Waals surface area contributed by atoms with Crippen LogP contribution in [0.2, 0.25) is 5.02 Å². The van der Waals surface area contributed by atoms with Gasteiger partial charge in [0, 0.05) is 72.2 Å². The second-order valence-corrected chi connectivity index (χ2v) is 13.0. The van der Waals surface area contributed by atoms with Crippen LogP contribution in [0.3, 0.4) is 0 Å². The minimum Gasteiger partial charge on any atom is -0.352 e. The molecule has 0 radical (unpaired) electrons. The minimum atomic E-state index is -0.485. The highest BCUT2D eigenvalue weighted by Crippen LogP contribution is 2.42. The van der Waals surface area contributed by atoms with E-state index in [2.05, 4.69) is 31.9 Å². The molecule has 4 heterocycles. The van der Waals surface area contributed by atoms with E-state index in [1.807, 2.05) is 37.8 Å². The number of carbonyl (C=O) groups is 1. The number of likely N-dealkylation sites (tertiary alicyclic amines) is 1. The summed E-state index contributed by atoms with van der Waals surface area (Å²) in [4.78, 5) is 29.0. The van der Waals surface area contributed by atoms with E-state index in [0.717, 1.165) is 48.4 Å². The number of H-pyrrole nitrogens is 1. The number of amides is 1. The molecule has 0 spiro atoms. The van der Waals surface area contributed by atoms with Crippen LogP contribution in [0.4, 0.5) is 16.2 Å².